The second-order valence-electron chi connectivity index (χ2n) is 5.44. The molecule has 0 radical (unpaired) electrons. The molecule has 4 heteroatoms. The zero-order valence-corrected chi connectivity index (χ0v) is 12.4. The fraction of sp³-hybridized carbons (Fsp3) is 0.867. The Bertz CT molecular complexity index is 324. The molecule has 1 atom stereocenters. The highest BCUT2D eigenvalue weighted by Crippen LogP contribution is 2.26. The van der Waals surface area contributed by atoms with Crippen molar-refractivity contribution in [3.63, 3.8) is 0 Å². The van der Waals surface area contributed by atoms with Crippen molar-refractivity contribution in [2.45, 2.75) is 70.9 Å². The fourth-order valence-corrected chi connectivity index (χ4v) is 2.79. The van der Waals surface area contributed by atoms with Crippen LogP contribution in [0.25, 0.3) is 0 Å². The average molecular weight is 265 g/mol. The van der Waals surface area contributed by atoms with E-state index >= 15 is 0 Å². The molecule has 108 valence electrons. The predicted octanol–water partition coefficient (Wildman–Crippen LogP) is 2.80. The van der Waals surface area contributed by atoms with E-state index in [0.29, 0.717) is 6.54 Å². The van der Waals surface area contributed by atoms with Crippen molar-refractivity contribution >= 4 is 5.91 Å². The molecule has 1 rings (SSSR count). The number of likely N-dealkylation sites (tertiary alicyclic amines) is 1. The van der Waals surface area contributed by atoms with Gasteiger partial charge in [0.1, 0.15) is 6.07 Å². The minimum absolute atomic E-state index is 0.00510. The zero-order chi connectivity index (χ0) is 14.1. The maximum Gasteiger partial charge on any atom is 0.221 e. The second kappa shape index (κ2) is 8.16. The van der Waals surface area contributed by atoms with E-state index in [4.69, 9.17) is 0 Å². The van der Waals surface area contributed by atoms with Crippen LogP contribution in [0.15, 0.2) is 0 Å². The molecule has 0 saturated carbocycles. The molecule has 0 bridgehead atoms. The van der Waals surface area contributed by atoms with E-state index in [-0.39, 0.29) is 5.91 Å². The first-order chi connectivity index (χ1) is 9.16. The molecule has 1 saturated heterocycles. The maximum atomic E-state index is 11.6. The SMILES string of the molecule is CCCCCCCCNC1(C#N)CCCN1C(C)=O. The highest BCUT2D eigenvalue weighted by Gasteiger charge is 2.42. The van der Waals surface area contributed by atoms with Gasteiger partial charge in [0.15, 0.2) is 5.66 Å². The van der Waals surface area contributed by atoms with Gasteiger partial charge in [-0.25, -0.2) is 0 Å². The van der Waals surface area contributed by atoms with Crippen LogP contribution in [0.5, 0.6) is 0 Å². The third-order valence-electron chi connectivity index (χ3n) is 3.89. The van der Waals surface area contributed by atoms with Gasteiger partial charge in [0.25, 0.3) is 0 Å². The van der Waals surface area contributed by atoms with E-state index in [0.717, 1.165) is 25.8 Å². The molecule has 4 nitrogen and oxygen atoms in total. The Morgan fingerprint density at radius 3 is 2.63 bits per heavy atom. The van der Waals surface area contributed by atoms with E-state index in [1.807, 2.05) is 0 Å². The molecule has 1 aliphatic rings. The summed E-state index contributed by atoms with van der Waals surface area (Å²) in [6.07, 6.45) is 9.10. The van der Waals surface area contributed by atoms with E-state index in [2.05, 4.69) is 18.3 Å². The molecule has 1 unspecified atom stereocenters. The van der Waals surface area contributed by atoms with E-state index in [1.165, 1.54) is 32.1 Å². The smallest absolute Gasteiger partial charge is 0.221 e. The number of carbonyl (C=O) groups is 1. The molecular weight excluding hydrogens is 238 g/mol. The fourth-order valence-electron chi connectivity index (χ4n) is 2.79. The first-order valence-corrected chi connectivity index (χ1v) is 7.61. The lowest BCUT2D eigenvalue weighted by Crippen LogP contribution is -2.56. The van der Waals surface area contributed by atoms with E-state index in [1.54, 1.807) is 11.8 Å². The van der Waals surface area contributed by atoms with E-state index < -0.39 is 5.66 Å². The van der Waals surface area contributed by atoms with Crippen LogP contribution in [0, 0.1) is 11.3 Å². The summed E-state index contributed by atoms with van der Waals surface area (Å²) in [7, 11) is 0. The molecule has 0 spiro atoms. The van der Waals surface area contributed by atoms with Crippen molar-refractivity contribution in [3.05, 3.63) is 0 Å². The van der Waals surface area contributed by atoms with Crippen molar-refractivity contribution in [2.24, 2.45) is 0 Å². The van der Waals surface area contributed by atoms with Crippen molar-refractivity contribution in [3.8, 4) is 6.07 Å². The first-order valence-electron chi connectivity index (χ1n) is 7.61. The average Bonchev–Trinajstić information content (AvgIpc) is 2.82. The molecule has 0 aromatic carbocycles. The van der Waals surface area contributed by atoms with Crippen LogP contribution in [0.4, 0.5) is 0 Å². The molecule has 1 fully saturated rings. The van der Waals surface area contributed by atoms with Gasteiger partial charge in [-0.05, 0) is 25.8 Å². The Balaban J connectivity index is 2.29. The third kappa shape index (κ3) is 4.50. The lowest BCUT2D eigenvalue weighted by atomic mass is 10.1. The first kappa shape index (κ1) is 16.0. The topological polar surface area (TPSA) is 56.1 Å². The Hall–Kier alpha value is -1.08. The van der Waals surface area contributed by atoms with Gasteiger partial charge >= 0.3 is 0 Å². The Labute approximate surface area is 117 Å². The lowest BCUT2D eigenvalue weighted by Gasteiger charge is -2.32. The summed E-state index contributed by atoms with van der Waals surface area (Å²) in [6, 6.07) is 2.31. The number of nitriles is 1. The summed E-state index contributed by atoms with van der Waals surface area (Å²) in [6.45, 7) is 5.29. The zero-order valence-electron chi connectivity index (χ0n) is 12.4. The number of carbonyl (C=O) groups excluding carboxylic acids is 1. The number of hydrogen-bond acceptors (Lipinski definition) is 3. The Kier molecular flexibility index (Phi) is 6.86. The quantitative estimate of drug-likeness (QED) is 0.687. The van der Waals surface area contributed by atoms with Crippen LogP contribution in [0.2, 0.25) is 0 Å². The minimum Gasteiger partial charge on any atom is -0.312 e. The Morgan fingerprint density at radius 1 is 1.32 bits per heavy atom. The standard InChI is InChI=1S/C15H27N3O/c1-3-4-5-6-7-8-11-17-15(13-16)10-9-12-18(15)14(2)19/h17H,3-12H2,1-2H3. The van der Waals surface area contributed by atoms with Crippen LogP contribution < -0.4 is 5.32 Å². The number of nitrogens with zero attached hydrogens (tertiary/aromatic N) is 2. The summed E-state index contributed by atoms with van der Waals surface area (Å²) < 4.78 is 0. The van der Waals surface area contributed by atoms with Gasteiger partial charge in [-0.1, -0.05) is 39.0 Å². The van der Waals surface area contributed by atoms with Crippen molar-refractivity contribution in [1.82, 2.24) is 10.2 Å². The summed E-state index contributed by atoms with van der Waals surface area (Å²) in [4.78, 5) is 13.2. The van der Waals surface area contributed by atoms with Crippen LogP contribution in [-0.4, -0.2) is 29.6 Å². The monoisotopic (exact) mass is 265 g/mol. The molecule has 0 aromatic heterocycles. The van der Waals surface area contributed by atoms with Crippen molar-refractivity contribution < 1.29 is 4.79 Å². The van der Waals surface area contributed by atoms with Gasteiger partial charge in [0.05, 0.1) is 0 Å². The number of unbranched alkanes of at least 4 members (excludes halogenated alkanes) is 5. The number of nitrogens with one attached hydrogen (secondary N) is 1. The predicted molar refractivity (Wildman–Crippen MR) is 76.3 cm³/mol. The number of hydrogen-bond donors (Lipinski definition) is 1. The van der Waals surface area contributed by atoms with Gasteiger partial charge in [-0.3, -0.25) is 10.1 Å². The molecule has 1 aliphatic heterocycles. The molecule has 1 heterocycles. The van der Waals surface area contributed by atoms with Gasteiger partial charge in [0, 0.05) is 13.5 Å². The number of rotatable bonds is 8. The normalized spacial score (nSPS) is 22.5. The number of amides is 1. The van der Waals surface area contributed by atoms with Gasteiger partial charge < -0.3 is 4.90 Å². The summed E-state index contributed by atoms with van der Waals surface area (Å²) in [5.41, 5.74) is -0.741. The molecule has 0 aliphatic carbocycles. The van der Waals surface area contributed by atoms with Crippen molar-refractivity contribution in [1.29, 1.82) is 5.26 Å². The second-order valence-corrected chi connectivity index (χ2v) is 5.44. The van der Waals surface area contributed by atoms with Gasteiger partial charge in [0.2, 0.25) is 5.91 Å². The molecule has 0 aromatic rings. The largest absolute Gasteiger partial charge is 0.312 e. The van der Waals surface area contributed by atoms with Crippen LogP contribution in [0.3, 0.4) is 0 Å². The van der Waals surface area contributed by atoms with Gasteiger partial charge in [-0.15, -0.1) is 0 Å². The Morgan fingerprint density at radius 2 is 2.00 bits per heavy atom. The van der Waals surface area contributed by atoms with Crippen molar-refractivity contribution in [2.75, 3.05) is 13.1 Å². The van der Waals surface area contributed by atoms with Crippen LogP contribution >= 0.6 is 0 Å². The molecule has 19 heavy (non-hydrogen) atoms. The third-order valence-corrected chi connectivity index (χ3v) is 3.89. The van der Waals surface area contributed by atoms with Gasteiger partial charge in [-0.2, -0.15) is 5.26 Å². The summed E-state index contributed by atoms with van der Waals surface area (Å²) >= 11 is 0. The van der Waals surface area contributed by atoms with Crippen LogP contribution in [-0.2, 0) is 4.79 Å². The highest BCUT2D eigenvalue weighted by atomic mass is 16.2. The minimum atomic E-state index is -0.741. The summed E-state index contributed by atoms with van der Waals surface area (Å²) in [5.74, 6) is -0.00510. The van der Waals surface area contributed by atoms with Crippen LogP contribution in [0.1, 0.15) is 65.2 Å². The molecule has 1 N–H and O–H groups in total. The highest BCUT2D eigenvalue weighted by molar-refractivity contribution is 5.75. The maximum absolute atomic E-state index is 11.6. The summed E-state index contributed by atoms with van der Waals surface area (Å²) in [5, 5.41) is 12.7. The lowest BCUT2D eigenvalue weighted by molar-refractivity contribution is -0.132. The molecule has 1 amide bonds. The molecular formula is C15H27N3O. The van der Waals surface area contributed by atoms with E-state index in [9.17, 15) is 10.1 Å².